The van der Waals surface area contributed by atoms with Crippen molar-refractivity contribution in [3.05, 3.63) is 21.9 Å². The minimum Gasteiger partial charge on any atom is -0.395 e. The Morgan fingerprint density at radius 2 is 2.35 bits per heavy atom. The van der Waals surface area contributed by atoms with Crippen molar-refractivity contribution in [2.75, 3.05) is 13.2 Å². The molecule has 4 heteroatoms. The summed E-state index contributed by atoms with van der Waals surface area (Å²) in [5.74, 6) is 6.09. The number of nitrogens with one attached hydrogen (secondary N) is 1. The number of carbonyl (C=O) groups is 1. The van der Waals surface area contributed by atoms with Crippen molar-refractivity contribution in [3.63, 3.8) is 0 Å². The number of rotatable bonds is 4. The lowest BCUT2D eigenvalue weighted by Gasteiger charge is -2.06. The highest BCUT2D eigenvalue weighted by Gasteiger charge is 2.11. The van der Waals surface area contributed by atoms with Crippen molar-refractivity contribution in [1.82, 2.24) is 5.32 Å². The fraction of sp³-hybridized carbons (Fsp3) is 0.462. The first-order valence-electron chi connectivity index (χ1n) is 5.60. The number of aliphatic hydroxyl groups excluding tert-OH is 1. The van der Waals surface area contributed by atoms with Gasteiger partial charge in [-0.1, -0.05) is 25.7 Å². The third-order valence-corrected chi connectivity index (χ3v) is 2.92. The van der Waals surface area contributed by atoms with Crippen LogP contribution < -0.4 is 5.32 Å². The molecule has 0 aliphatic rings. The van der Waals surface area contributed by atoms with Gasteiger partial charge in [0.25, 0.3) is 5.91 Å². The SMILES string of the molecule is CC(C)CNC(=O)c1sccc1C#CCCO. The summed E-state index contributed by atoms with van der Waals surface area (Å²) in [6, 6.07) is 1.83. The molecule has 1 aromatic heterocycles. The zero-order valence-corrected chi connectivity index (χ0v) is 10.9. The van der Waals surface area contributed by atoms with Crippen LogP contribution in [-0.4, -0.2) is 24.2 Å². The molecule has 0 saturated heterocycles. The molecule has 0 radical (unpaired) electrons. The van der Waals surface area contributed by atoms with Crippen LogP contribution in [-0.2, 0) is 0 Å². The van der Waals surface area contributed by atoms with E-state index in [0.29, 0.717) is 23.8 Å². The zero-order chi connectivity index (χ0) is 12.7. The van der Waals surface area contributed by atoms with Crippen LogP contribution in [0, 0.1) is 17.8 Å². The normalized spacial score (nSPS) is 9.88. The largest absolute Gasteiger partial charge is 0.395 e. The standard InChI is InChI=1S/C13H17NO2S/c1-10(2)9-14-13(16)12-11(6-8-17-12)5-3-4-7-15/h6,8,10,15H,4,7,9H2,1-2H3,(H,14,16). The van der Waals surface area contributed by atoms with Crippen molar-refractivity contribution in [1.29, 1.82) is 0 Å². The quantitative estimate of drug-likeness (QED) is 0.803. The maximum absolute atomic E-state index is 11.8. The maximum atomic E-state index is 11.8. The lowest BCUT2D eigenvalue weighted by molar-refractivity contribution is 0.0953. The van der Waals surface area contributed by atoms with E-state index in [1.807, 2.05) is 11.4 Å². The summed E-state index contributed by atoms with van der Waals surface area (Å²) in [4.78, 5) is 12.5. The molecule has 0 aromatic carbocycles. The minimum atomic E-state index is -0.0676. The molecule has 0 bridgehead atoms. The van der Waals surface area contributed by atoms with Crippen molar-refractivity contribution >= 4 is 17.2 Å². The Morgan fingerprint density at radius 3 is 3.00 bits per heavy atom. The Kier molecular flexibility index (Phi) is 5.75. The maximum Gasteiger partial charge on any atom is 0.262 e. The molecule has 3 nitrogen and oxygen atoms in total. The smallest absolute Gasteiger partial charge is 0.262 e. The van der Waals surface area contributed by atoms with E-state index in [9.17, 15) is 4.79 Å². The second kappa shape index (κ2) is 7.10. The van der Waals surface area contributed by atoms with E-state index in [4.69, 9.17) is 5.11 Å². The first-order valence-corrected chi connectivity index (χ1v) is 6.48. The van der Waals surface area contributed by atoms with Gasteiger partial charge in [-0.25, -0.2) is 0 Å². The van der Waals surface area contributed by atoms with Gasteiger partial charge in [0.2, 0.25) is 0 Å². The van der Waals surface area contributed by atoms with Crippen LogP contribution in [0.3, 0.4) is 0 Å². The van der Waals surface area contributed by atoms with Crippen molar-refractivity contribution in [2.24, 2.45) is 5.92 Å². The Bertz CT molecular complexity index is 426. The van der Waals surface area contributed by atoms with Gasteiger partial charge in [-0.05, 0) is 17.4 Å². The molecule has 1 heterocycles. The van der Waals surface area contributed by atoms with E-state index in [1.165, 1.54) is 11.3 Å². The van der Waals surface area contributed by atoms with Crippen molar-refractivity contribution in [3.8, 4) is 11.8 Å². The van der Waals surface area contributed by atoms with E-state index in [-0.39, 0.29) is 12.5 Å². The number of amides is 1. The molecule has 0 aliphatic carbocycles. The molecule has 1 amide bonds. The molecule has 17 heavy (non-hydrogen) atoms. The molecule has 1 rings (SSSR count). The van der Waals surface area contributed by atoms with Crippen LogP contribution in [0.2, 0.25) is 0 Å². The minimum absolute atomic E-state index is 0.0476. The van der Waals surface area contributed by atoms with Gasteiger partial charge >= 0.3 is 0 Å². The third kappa shape index (κ3) is 4.59. The summed E-state index contributed by atoms with van der Waals surface area (Å²) in [5, 5.41) is 13.4. The molecule has 2 N–H and O–H groups in total. The van der Waals surface area contributed by atoms with Crippen molar-refractivity contribution < 1.29 is 9.90 Å². The van der Waals surface area contributed by atoms with Crippen LogP contribution in [0.1, 0.15) is 35.5 Å². The number of thiophene rings is 1. The molecule has 0 aliphatic heterocycles. The lowest BCUT2D eigenvalue weighted by Crippen LogP contribution is -2.27. The molecule has 0 atom stereocenters. The molecule has 0 spiro atoms. The first-order chi connectivity index (χ1) is 8.15. The predicted molar refractivity (Wildman–Crippen MR) is 70.1 cm³/mol. The highest BCUT2D eigenvalue weighted by atomic mass is 32.1. The summed E-state index contributed by atoms with van der Waals surface area (Å²) in [5.41, 5.74) is 0.740. The van der Waals surface area contributed by atoms with E-state index in [2.05, 4.69) is 31.0 Å². The van der Waals surface area contributed by atoms with E-state index < -0.39 is 0 Å². The topological polar surface area (TPSA) is 49.3 Å². The van der Waals surface area contributed by atoms with Gasteiger partial charge in [0.15, 0.2) is 0 Å². The molecular weight excluding hydrogens is 234 g/mol. The van der Waals surface area contributed by atoms with Crippen molar-refractivity contribution in [2.45, 2.75) is 20.3 Å². The number of aliphatic hydroxyl groups is 1. The van der Waals surface area contributed by atoms with Crippen LogP contribution in [0.25, 0.3) is 0 Å². The summed E-state index contributed by atoms with van der Waals surface area (Å²) in [6.07, 6.45) is 0.433. The average Bonchev–Trinajstić information content (AvgIpc) is 2.74. The molecule has 0 fully saturated rings. The van der Waals surface area contributed by atoms with Gasteiger partial charge in [-0.15, -0.1) is 11.3 Å². The van der Waals surface area contributed by atoms with Gasteiger partial charge in [-0.2, -0.15) is 0 Å². The first kappa shape index (κ1) is 13.8. The monoisotopic (exact) mass is 251 g/mol. The summed E-state index contributed by atoms with van der Waals surface area (Å²) in [7, 11) is 0. The Balaban J connectivity index is 2.68. The second-order valence-corrected chi connectivity index (χ2v) is 4.96. The van der Waals surface area contributed by atoms with Gasteiger partial charge in [0.1, 0.15) is 4.88 Å². The second-order valence-electron chi connectivity index (χ2n) is 4.04. The number of carbonyl (C=O) groups excluding carboxylic acids is 1. The Hall–Kier alpha value is -1.31. The number of hydrogen-bond donors (Lipinski definition) is 2. The molecule has 0 unspecified atom stereocenters. The van der Waals surface area contributed by atoms with Gasteiger partial charge < -0.3 is 10.4 Å². The van der Waals surface area contributed by atoms with Gasteiger partial charge in [0, 0.05) is 18.5 Å². The molecule has 92 valence electrons. The molecule has 1 aromatic rings. The van der Waals surface area contributed by atoms with Crippen LogP contribution in [0.5, 0.6) is 0 Å². The van der Waals surface area contributed by atoms with Crippen LogP contribution in [0.4, 0.5) is 0 Å². The highest BCUT2D eigenvalue weighted by Crippen LogP contribution is 2.15. The third-order valence-electron chi connectivity index (χ3n) is 2.00. The summed E-state index contributed by atoms with van der Waals surface area (Å²) in [6.45, 7) is 4.82. The summed E-state index contributed by atoms with van der Waals surface area (Å²) < 4.78 is 0. The fourth-order valence-corrected chi connectivity index (χ4v) is 1.94. The van der Waals surface area contributed by atoms with E-state index in [0.717, 1.165) is 5.56 Å². The zero-order valence-electron chi connectivity index (χ0n) is 10.1. The van der Waals surface area contributed by atoms with E-state index >= 15 is 0 Å². The molecular formula is C13H17NO2S. The Morgan fingerprint density at radius 1 is 1.59 bits per heavy atom. The van der Waals surface area contributed by atoms with Gasteiger partial charge in [-0.3, -0.25) is 4.79 Å². The van der Waals surface area contributed by atoms with Crippen LogP contribution >= 0.6 is 11.3 Å². The highest BCUT2D eigenvalue weighted by molar-refractivity contribution is 7.12. The van der Waals surface area contributed by atoms with E-state index in [1.54, 1.807) is 0 Å². The predicted octanol–water partition coefficient (Wildman–Crippen LogP) is 1.87. The molecule has 0 saturated carbocycles. The lowest BCUT2D eigenvalue weighted by atomic mass is 10.2. The van der Waals surface area contributed by atoms with Gasteiger partial charge in [0.05, 0.1) is 6.61 Å². The fourth-order valence-electron chi connectivity index (χ4n) is 1.17. The average molecular weight is 251 g/mol. The van der Waals surface area contributed by atoms with Crippen LogP contribution in [0.15, 0.2) is 11.4 Å². The summed E-state index contributed by atoms with van der Waals surface area (Å²) >= 11 is 1.39. The number of hydrogen-bond acceptors (Lipinski definition) is 3. The Labute approximate surface area is 106 Å².